The van der Waals surface area contributed by atoms with Crippen LogP contribution in [0.3, 0.4) is 0 Å². The minimum atomic E-state index is -0.265. The number of benzene rings is 2. The number of fused-ring (bicyclic) bond motifs is 1. The molecule has 0 amide bonds. The lowest BCUT2D eigenvalue weighted by atomic mass is 10.1. The van der Waals surface area contributed by atoms with E-state index in [1.165, 1.54) is 6.07 Å². The number of rotatable bonds is 1. The topological polar surface area (TPSA) is 21.6 Å². The molecule has 0 aromatic heterocycles. The summed E-state index contributed by atoms with van der Waals surface area (Å²) in [6.45, 7) is 0.232. The Hall–Kier alpha value is -2.16. The van der Waals surface area contributed by atoms with E-state index in [4.69, 9.17) is 4.74 Å². The van der Waals surface area contributed by atoms with Crippen molar-refractivity contribution >= 4 is 11.6 Å². The molecule has 0 aliphatic carbocycles. The molecule has 2 nitrogen and oxygen atoms in total. The molecule has 0 fully saturated rings. The van der Waals surface area contributed by atoms with Crippen LogP contribution in [0.1, 0.15) is 11.1 Å². The second kappa shape index (κ2) is 4.01. The van der Waals surface area contributed by atoms with Crippen molar-refractivity contribution in [2.45, 2.75) is 6.61 Å². The first kappa shape index (κ1) is 10.0. The van der Waals surface area contributed by atoms with Crippen molar-refractivity contribution in [3.05, 3.63) is 65.5 Å². The SMILES string of the molecule is Fc1cccc2c1COC(c1ccccc1)=N2. The quantitative estimate of drug-likeness (QED) is 0.731. The van der Waals surface area contributed by atoms with Gasteiger partial charge in [-0.15, -0.1) is 0 Å². The molecule has 2 aromatic rings. The second-order valence-electron chi connectivity index (χ2n) is 3.81. The summed E-state index contributed by atoms with van der Waals surface area (Å²) in [6.07, 6.45) is 0. The fraction of sp³-hybridized carbons (Fsp3) is 0.0714. The van der Waals surface area contributed by atoms with E-state index in [-0.39, 0.29) is 12.4 Å². The molecule has 0 atom stereocenters. The summed E-state index contributed by atoms with van der Waals surface area (Å²) in [4.78, 5) is 4.33. The van der Waals surface area contributed by atoms with Gasteiger partial charge < -0.3 is 4.74 Å². The fourth-order valence-corrected chi connectivity index (χ4v) is 1.81. The predicted molar refractivity (Wildman–Crippen MR) is 63.8 cm³/mol. The molecule has 0 unspecified atom stereocenters. The Morgan fingerprint density at radius 3 is 2.65 bits per heavy atom. The Kier molecular flexibility index (Phi) is 2.37. The molecule has 1 aliphatic rings. The van der Waals surface area contributed by atoms with E-state index in [2.05, 4.69) is 4.99 Å². The fourth-order valence-electron chi connectivity index (χ4n) is 1.81. The van der Waals surface area contributed by atoms with Crippen LogP contribution in [-0.4, -0.2) is 5.90 Å². The summed E-state index contributed by atoms with van der Waals surface area (Å²) < 4.78 is 18.9. The summed E-state index contributed by atoms with van der Waals surface area (Å²) in [5, 5.41) is 0. The number of hydrogen-bond acceptors (Lipinski definition) is 2. The van der Waals surface area contributed by atoms with Crippen LogP contribution in [0, 0.1) is 5.82 Å². The zero-order chi connectivity index (χ0) is 11.7. The number of hydrogen-bond donors (Lipinski definition) is 0. The van der Waals surface area contributed by atoms with E-state index < -0.39 is 0 Å². The normalized spacial score (nSPS) is 13.6. The van der Waals surface area contributed by atoms with Crippen molar-refractivity contribution in [2.75, 3.05) is 0 Å². The summed E-state index contributed by atoms with van der Waals surface area (Å²) >= 11 is 0. The average molecular weight is 227 g/mol. The first-order chi connectivity index (χ1) is 8.34. The van der Waals surface area contributed by atoms with Crippen LogP contribution < -0.4 is 0 Å². The van der Waals surface area contributed by atoms with Crippen LogP contribution in [-0.2, 0) is 11.3 Å². The Morgan fingerprint density at radius 2 is 1.82 bits per heavy atom. The van der Waals surface area contributed by atoms with Crippen LogP contribution in [0.2, 0.25) is 0 Å². The molecule has 0 spiro atoms. The standard InChI is InChI=1S/C14H10FNO/c15-12-7-4-8-13-11(12)9-17-14(16-13)10-5-2-1-3-6-10/h1-8H,9H2. The number of nitrogens with zero attached hydrogens (tertiary/aromatic N) is 1. The van der Waals surface area contributed by atoms with Crippen molar-refractivity contribution in [2.24, 2.45) is 4.99 Å². The average Bonchev–Trinajstić information content (AvgIpc) is 2.40. The monoisotopic (exact) mass is 227 g/mol. The van der Waals surface area contributed by atoms with Gasteiger partial charge in [-0.25, -0.2) is 9.38 Å². The van der Waals surface area contributed by atoms with Gasteiger partial charge in [-0.2, -0.15) is 0 Å². The van der Waals surface area contributed by atoms with Crippen molar-refractivity contribution in [3.8, 4) is 0 Å². The van der Waals surface area contributed by atoms with Gasteiger partial charge >= 0.3 is 0 Å². The molecule has 0 radical (unpaired) electrons. The highest BCUT2D eigenvalue weighted by Gasteiger charge is 2.17. The Bertz CT molecular complexity index is 578. The van der Waals surface area contributed by atoms with Gasteiger partial charge in [-0.3, -0.25) is 0 Å². The first-order valence-corrected chi connectivity index (χ1v) is 5.39. The molecule has 1 heterocycles. The summed E-state index contributed by atoms with van der Waals surface area (Å²) in [7, 11) is 0. The molecule has 3 heteroatoms. The molecule has 0 bridgehead atoms. The van der Waals surface area contributed by atoms with Gasteiger partial charge in [0.1, 0.15) is 12.4 Å². The van der Waals surface area contributed by atoms with Crippen LogP contribution >= 0.6 is 0 Å². The van der Waals surface area contributed by atoms with E-state index in [0.29, 0.717) is 17.1 Å². The Morgan fingerprint density at radius 1 is 1.00 bits per heavy atom. The van der Waals surface area contributed by atoms with Crippen LogP contribution in [0.4, 0.5) is 10.1 Å². The summed E-state index contributed by atoms with van der Waals surface area (Å²) in [5.74, 6) is 0.280. The smallest absolute Gasteiger partial charge is 0.221 e. The Balaban J connectivity index is 2.07. The van der Waals surface area contributed by atoms with Crippen LogP contribution in [0.15, 0.2) is 53.5 Å². The largest absolute Gasteiger partial charge is 0.472 e. The molecule has 2 aromatic carbocycles. The maximum Gasteiger partial charge on any atom is 0.221 e. The number of aliphatic imine (C=N–C) groups is 1. The van der Waals surface area contributed by atoms with Gasteiger partial charge in [0.2, 0.25) is 5.90 Å². The molecule has 0 saturated heterocycles. The molecule has 1 aliphatic heterocycles. The van der Waals surface area contributed by atoms with E-state index in [1.807, 2.05) is 30.3 Å². The Labute approximate surface area is 98.4 Å². The van der Waals surface area contributed by atoms with Gasteiger partial charge in [0.25, 0.3) is 0 Å². The number of halogens is 1. The zero-order valence-electron chi connectivity index (χ0n) is 9.06. The molecular weight excluding hydrogens is 217 g/mol. The van der Waals surface area contributed by atoms with Crippen molar-refractivity contribution in [1.29, 1.82) is 0 Å². The minimum Gasteiger partial charge on any atom is -0.472 e. The lowest BCUT2D eigenvalue weighted by Crippen LogP contribution is -2.12. The summed E-state index contributed by atoms with van der Waals surface area (Å²) in [6, 6.07) is 14.5. The van der Waals surface area contributed by atoms with Crippen LogP contribution in [0.5, 0.6) is 0 Å². The molecule has 0 saturated carbocycles. The lowest BCUT2D eigenvalue weighted by molar-refractivity contribution is 0.282. The predicted octanol–water partition coefficient (Wildman–Crippen LogP) is 3.43. The highest BCUT2D eigenvalue weighted by atomic mass is 19.1. The molecule has 0 N–H and O–H groups in total. The van der Waals surface area contributed by atoms with Gasteiger partial charge in [-0.1, -0.05) is 24.3 Å². The molecule has 84 valence electrons. The zero-order valence-corrected chi connectivity index (χ0v) is 9.06. The molecule has 3 rings (SSSR count). The third-order valence-corrected chi connectivity index (χ3v) is 2.69. The van der Waals surface area contributed by atoms with E-state index in [9.17, 15) is 4.39 Å². The van der Waals surface area contributed by atoms with E-state index in [1.54, 1.807) is 12.1 Å². The van der Waals surface area contributed by atoms with Crippen LogP contribution in [0.25, 0.3) is 0 Å². The summed E-state index contributed by atoms with van der Waals surface area (Å²) in [5.41, 5.74) is 2.07. The van der Waals surface area contributed by atoms with E-state index in [0.717, 1.165) is 5.56 Å². The van der Waals surface area contributed by atoms with Gasteiger partial charge in [0.05, 0.1) is 11.3 Å². The molecule has 17 heavy (non-hydrogen) atoms. The third-order valence-electron chi connectivity index (χ3n) is 2.69. The van der Waals surface area contributed by atoms with Crippen molar-refractivity contribution in [1.82, 2.24) is 0 Å². The third kappa shape index (κ3) is 1.80. The second-order valence-corrected chi connectivity index (χ2v) is 3.81. The van der Waals surface area contributed by atoms with Crippen molar-refractivity contribution in [3.63, 3.8) is 0 Å². The maximum absolute atomic E-state index is 13.5. The molecular formula is C14H10FNO. The maximum atomic E-state index is 13.5. The van der Waals surface area contributed by atoms with Gasteiger partial charge in [-0.05, 0) is 24.3 Å². The lowest BCUT2D eigenvalue weighted by Gasteiger charge is -2.17. The highest BCUT2D eigenvalue weighted by Crippen LogP contribution is 2.28. The van der Waals surface area contributed by atoms with E-state index >= 15 is 0 Å². The van der Waals surface area contributed by atoms with Gasteiger partial charge in [0, 0.05) is 5.56 Å². The van der Waals surface area contributed by atoms with Gasteiger partial charge in [0.15, 0.2) is 0 Å². The minimum absolute atomic E-state index is 0.232. The van der Waals surface area contributed by atoms with Crippen molar-refractivity contribution < 1.29 is 9.13 Å². The highest BCUT2D eigenvalue weighted by molar-refractivity contribution is 5.96. The number of ether oxygens (including phenoxy) is 1. The first-order valence-electron chi connectivity index (χ1n) is 5.39.